The Labute approximate surface area is 155 Å². The van der Waals surface area contributed by atoms with Crippen LogP contribution in [0.5, 0.6) is 5.75 Å². The van der Waals surface area contributed by atoms with Crippen LogP contribution < -0.4 is 10.1 Å². The molecule has 5 nitrogen and oxygen atoms in total. The van der Waals surface area contributed by atoms with E-state index < -0.39 is 15.9 Å². The standard InChI is InChI=1S/C20H25NO4S/c1-13-6-11-19(14(2)12-13)25-16(4)20(22)21-15(3)17-7-9-18(10-8-17)26(5,23)24/h6-12,15-16H,1-5H3,(H,21,22)/t15-,16+/m0/s1. The highest BCUT2D eigenvalue weighted by Crippen LogP contribution is 2.21. The van der Waals surface area contributed by atoms with Crippen molar-refractivity contribution in [3.8, 4) is 5.75 Å². The second-order valence-corrected chi connectivity index (χ2v) is 8.62. The average Bonchev–Trinajstić information content (AvgIpc) is 2.56. The molecule has 26 heavy (non-hydrogen) atoms. The normalized spacial score (nSPS) is 13.7. The molecule has 2 rings (SSSR count). The molecule has 1 amide bonds. The molecular weight excluding hydrogens is 350 g/mol. The summed E-state index contributed by atoms with van der Waals surface area (Å²) >= 11 is 0. The molecule has 0 fully saturated rings. The highest BCUT2D eigenvalue weighted by Gasteiger charge is 2.19. The summed E-state index contributed by atoms with van der Waals surface area (Å²) < 4.78 is 28.8. The SMILES string of the molecule is Cc1ccc(O[C@H](C)C(=O)N[C@@H](C)c2ccc(S(C)(=O)=O)cc2)c(C)c1. The molecule has 0 aliphatic rings. The first-order chi connectivity index (χ1) is 12.1. The molecule has 0 unspecified atom stereocenters. The van der Waals surface area contributed by atoms with Crippen LogP contribution in [0.1, 0.15) is 36.6 Å². The quantitative estimate of drug-likeness (QED) is 0.840. The van der Waals surface area contributed by atoms with Crippen molar-refractivity contribution in [1.82, 2.24) is 5.32 Å². The third-order valence-electron chi connectivity index (χ3n) is 4.17. The number of carbonyl (C=O) groups is 1. The van der Waals surface area contributed by atoms with E-state index in [1.165, 1.54) is 6.26 Å². The van der Waals surface area contributed by atoms with Gasteiger partial charge in [-0.1, -0.05) is 29.8 Å². The van der Waals surface area contributed by atoms with Gasteiger partial charge in [0.25, 0.3) is 5.91 Å². The highest BCUT2D eigenvalue weighted by molar-refractivity contribution is 7.90. The summed E-state index contributed by atoms with van der Waals surface area (Å²) in [5, 5.41) is 2.89. The van der Waals surface area contributed by atoms with Crippen molar-refractivity contribution < 1.29 is 17.9 Å². The number of carbonyl (C=O) groups excluding carboxylic acids is 1. The topological polar surface area (TPSA) is 72.5 Å². The average molecular weight is 375 g/mol. The fraction of sp³-hybridized carbons (Fsp3) is 0.350. The van der Waals surface area contributed by atoms with Gasteiger partial charge in [0.15, 0.2) is 15.9 Å². The summed E-state index contributed by atoms with van der Waals surface area (Å²) in [5.74, 6) is 0.452. The van der Waals surface area contributed by atoms with Crippen LogP contribution in [0, 0.1) is 13.8 Å². The van der Waals surface area contributed by atoms with E-state index in [1.54, 1.807) is 31.2 Å². The van der Waals surface area contributed by atoms with E-state index >= 15 is 0 Å². The van der Waals surface area contributed by atoms with Gasteiger partial charge in [-0.2, -0.15) is 0 Å². The van der Waals surface area contributed by atoms with Crippen molar-refractivity contribution in [3.63, 3.8) is 0 Å². The lowest BCUT2D eigenvalue weighted by atomic mass is 10.1. The molecule has 0 aliphatic carbocycles. The van der Waals surface area contributed by atoms with E-state index in [-0.39, 0.29) is 16.8 Å². The number of aryl methyl sites for hydroxylation is 2. The fourth-order valence-electron chi connectivity index (χ4n) is 2.59. The lowest BCUT2D eigenvalue weighted by molar-refractivity contribution is -0.127. The van der Waals surface area contributed by atoms with Crippen molar-refractivity contribution in [2.75, 3.05) is 6.26 Å². The van der Waals surface area contributed by atoms with Gasteiger partial charge in [0.05, 0.1) is 10.9 Å². The molecular formula is C20H25NO4S. The second-order valence-electron chi connectivity index (χ2n) is 6.60. The summed E-state index contributed by atoms with van der Waals surface area (Å²) in [7, 11) is -3.23. The zero-order valence-electron chi connectivity index (χ0n) is 15.7. The molecule has 0 heterocycles. The first kappa shape index (κ1) is 20.0. The molecule has 0 aromatic heterocycles. The van der Waals surface area contributed by atoms with Crippen LogP contribution in [0.4, 0.5) is 0 Å². The lowest BCUT2D eigenvalue weighted by Crippen LogP contribution is -2.37. The van der Waals surface area contributed by atoms with Crippen LogP contribution in [-0.4, -0.2) is 26.7 Å². The Morgan fingerprint density at radius 3 is 2.19 bits per heavy atom. The molecule has 6 heteroatoms. The van der Waals surface area contributed by atoms with Crippen LogP contribution in [0.15, 0.2) is 47.4 Å². The van der Waals surface area contributed by atoms with E-state index in [9.17, 15) is 13.2 Å². The van der Waals surface area contributed by atoms with Gasteiger partial charge in [0.2, 0.25) is 0 Å². The summed E-state index contributed by atoms with van der Waals surface area (Å²) in [4.78, 5) is 12.7. The van der Waals surface area contributed by atoms with Gasteiger partial charge in [0, 0.05) is 6.26 Å². The van der Waals surface area contributed by atoms with Gasteiger partial charge < -0.3 is 10.1 Å². The molecule has 2 atom stereocenters. The monoisotopic (exact) mass is 375 g/mol. The van der Waals surface area contributed by atoms with Crippen molar-refractivity contribution in [2.24, 2.45) is 0 Å². The van der Waals surface area contributed by atoms with Gasteiger partial charge in [-0.25, -0.2) is 8.42 Å². The summed E-state index contributed by atoms with van der Waals surface area (Å²) in [6.45, 7) is 7.49. The van der Waals surface area contributed by atoms with Gasteiger partial charge in [-0.3, -0.25) is 4.79 Å². The largest absolute Gasteiger partial charge is 0.481 e. The predicted molar refractivity (Wildman–Crippen MR) is 102 cm³/mol. The number of rotatable bonds is 6. The maximum Gasteiger partial charge on any atom is 0.261 e. The number of nitrogens with one attached hydrogen (secondary N) is 1. The van der Waals surface area contributed by atoms with Crippen molar-refractivity contribution in [1.29, 1.82) is 0 Å². The number of amides is 1. The van der Waals surface area contributed by atoms with Crippen LogP contribution in [0.2, 0.25) is 0 Å². The van der Waals surface area contributed by atoms with Crippen LogP contribution in [-0.2, 0) is 14.6 Å². The van der Waals surface area contributed by atoms with E-state index in [4.69, 9.17) is 4.74 Å². The van der Waals surface area contributed by atoms with E-state index in [0.717, 1.165) is 16.7 Å². The minimum absolute atomic E-state index is 0.232. The number of ether oxygens (including phenoxy) is 1. The molecule has 0 saturated carbocycles. The van der Waals surface area contributed by atoms with Crippen LogP contribution in [0.3, 0.4) is 0 Å². The van der Waals surface area contributed by atoms with Gasteiger partial charge in [-0.05, 0) is 57.0 Å². The molecule has 2 aromatic carbocycles. The first-order valence-electron chi connectivity index (χ1n) is 8.42. The van der Waals surface area contributed by atoms with Gasteiger partial charge in [0.1, 0.15) is 5.75 Å². The third kappa shape index (κ3) is 5.08. The van der Waals surface area contributed by atoms with Crippen molar-refractivity contribution in [3.05, 3.63) is 59.2 Å². The molecule has 0 aliphatic heterocycles. The molecule has 0 bridgehead atoms. The Balaban J connectivity index is 2.01. The maximum atomic E-state index is 12.4. The van der Waals surface area contributed by atoms with Crippen molar-refractivity contribution >= 4 is 15.7 Å². The Morgan fingerprint density at radius 1 is 1.04 bits per heavy atom. The van der Waals surface area contributed by atoms with E-state index in [0.29, 0.717) is 5.75 Å². The Hall–Kier alpha value is -2.34. The summed E-state index contributed by atoms with van der Waals surface area (Å²) in [6, 6.07) is 12.0. The molecule has 2 aromatic rings. The Kier molecular flexibility index (Phi) is 6.08. The Bertz CT molecular complexity index is 889. The van der Waals surface area contributed by atoms with Crippen molar-refractivity contribution in [2.45, 2.75) is 44.7 Å². The zero-order valence-corrected chi connectivity index (χ0v) is 16.6. The van der Waals surface area contributed by atoms with Crippen LogP contribution >= 0.6 is 0 Å². The molecule has 140 valence electrons. The third-order valence-corrected chi connectivity index (χ3v) is 5.30. The minimum atomic E-state index is -3.23. The second kappa shape index (κ2) is 7.91. The minimum Gasteiger partial charge on any atom is -0.481 e. The molecule has 0 radical (unpaired) electrons. The number of benzene rings is 2. The van der Waals surface area contributed by atoms with E-state index in [1.807, 2.05) is 39.0 Å². The van der Waals surface area contributed by atoms with E-state index in [2.05, 4.69) is 5.32 Å². The molecule has 0 saturated heterocycles. The number of hydrogen-bond acceptors (Lipinski definition) is 4. The van der Waals surface area contributed by atoms with Gasteiger partial charge >= 0.3 is 0 Å². The first-order valence-corrected chi connectivity index (χ1v) is 10.3. The molecule has 0 spiro atoms. The molecule has 1 N–H and O–H groups in total. The van der Waals surface area contributed by atoms with Gasteiger partial charge in [-0.15, -0.1) is 0 Å². The summed E-state index contributed by atoms with van der Waals surface area (Å²) in [6.07, 6.45) is 0.522. The lowest BCUT2D eigenvalue weighted by Gasteiger charge is -2.20. The summed E-state index contributed by atoms with van der Waals surface area (Å²) in [5.41, 5.74) is 2.94. The maximum absolute atomic E-state index is 12.4. The van der Waals surface area contributed by atoms with Crippen LogP contribution in [0.25, 0.3) is 0 Å². The smallest absolute Gasteiger partial charge is 0.261 e. The predicted octanol–water partition coefficient (Wildman–Crippen LogP) is 3.35. The number of hydrogen-bond donors (Lipinski definition) is 1. The Morgan fingerprint density at radius 2 is 1.65 bits per heavy atom. The zero-order chi connectivity index (χ0) is 19.5. The fourth-order valence-corrected chi connectivity index (χ4v) is 3.22. The highest BCUT2D eigenvalue weighted by atomic mass is 32.2. The number of sulfone groups is 1.